The summed E-state index contributed by atoms with van der Waals surface area (Å²) in [5, 5.41) is 0. The maximum absolute atomic E-state index is 5.76. The van der Waals surface area contributed by atoms with Crippen LogP contribution >= 0.6 is 0 Å². The summed E-state index contributed by atoms with van der Waals surface area (Å²) < 4.78 is 0. The zero-order valence-electron chi connectivity index (χ0n) is 8.71. The van der Waals surface area contributed by atoms with Crippen molar-refractivity contribution in [1.29, 1.82) is 0 Å². The van der Waals surface area contributed by atoms with Crippen LogP contribution in [0.5, 0.6) is 0 Å². The number of rotatable bonds is 3. The predicted octanol–water partition coefficient (Wildman–Crippen LogP) is 1.60. The number of fused-ring (bicyclic) bond motifs is 2. The van der Waals surface area contributed by atoms with Gasteiger partial charge in [-0.15, -0.1) is 0 Å². The lowest BCUT2D eigenvalue weighted by Crippen LogP contribution is -2.44. The van der Waals surface area contributed by atoms with E-state index in [0.29, 0.717) is 0 Å². The molecule has 0 aromatic heterocycles. The van der Waals surface area contributed by atoms with Crippen LogP contribution in [0.2, 0.25) is 0 Å². The van der Waals surface area contributed by atoms with Crippen molar-refractivity contribution in [3.05, 3.63) is 0 Å². The first kappa shape index (κ1) is 9.47. The van der Waals surface area contributed by atoms with Crippen LogP contribution in [-0.2, 0) is 0 Å². The summed E-state index contributed by atoms with van der Waals surface area (Å²) in [7, 11) is 0. The minimum atomic E-state index is 0.825. The number of hydrogen-bond acceptors (Lipinski definition) is 2. The summed E-state index contributed by atoms with van der Waals surface area (Å²) in [4.78, 5) is 2.74. The molecule has 2 heteroatoms. The van der Waals surface area contributed by atoms with Crippen LogP contribution in [0.3, 0.4) is 0 Å². The molecule has 2 bridgehead atoms. The molecule has 2 aliphatic heterocycles. The van der Waals surface area contributed by atoms with E-state index in [9.17, 15) is 0 Å². The highest BCUT2D eigenvalue weighted by atomic mass is 15.2. The van der Waals surface area contributed by atoms with Crippen LogP contribution < -0.4 is 5.73 Å². The van der Waals surface area contributed by atoms with Gasteiger partial charge in [-0.1, -0.05) is 6.92 Å². The number of nitrogens with zero attached hydrogens (tertiary/aromatic N) is 1. The second kappa shape index (κ2) is 3.97. The SMILES string of the molecule is CCCN1[C@H]2CC[C@H]1CC(CN)C2. The predicted molar refractivity (Wildman–Crippen MR) is 55.6 cm³/mol. The van der Waals surface area contributed by atoms with Gasteiger partial charge in [-0.25, -0.2) is 0 Å². The highest BCUT2D eigenvalue weighted by Gasteiger charge is 2.39. The first-order valence-corrected chi connectivity index (χ1v) is 5.81. The van der Waals surface area contributed by atoms with Gasteiger partial charge < -0.3 is 5.73 Å². The molecule has 0 radical (unpaired) electrons. The summed E-state index contributed by atoms with van der Waals surface area (Å²) in [5.74, 6) is 0.825. The maximum atomic E-state index is 5.76. The van der Waals surface area contributed by atoms with Crippen molar-refractivity contribution in [1.82, 2.24) is 4.90 Å². The molecule has 2 fully saturated rings. The molecule has 0 saturated carbocycles. The van der Waals surface area contributed by atoms with Gasteiger partial charge in [0, 0.05) is 12.1 Å². The van der Waals surface area contributed by atoms with Crippen molar-refractivity contribution in [2.24, 2.45) is 11.7 Å². The van der Waals surface area contributed by atoms with Gasteiger partial charge in [0.1, 0.15) is 0 Å². The van der Waals surface area contributed by atoms with E-state index in [1.807, 2.05) is 0 Å². The Morgan fingerprint density at radius 1 is 1.23 bits per heavy atom. The Kier molecular flexibility index (Phi) is 2.89. The summed E-state index contributed by atoms with van der Waals surface area (Å²) in [6, 6.07) is 1.76. The quantitative estimate of drug-likeness (QED) is 0.718. The van der Waals surface area contributed by atoms with E-state index in [1.54, 1.807) is 0 Å². The molecule has 2 aliphatic rings. The van der Waals surface area contributed by atoms with Crippen LogP contribution in [0.1, 0.15) is 39.0 Å². The molecular weight excluding hydrogens is 160 g/mol. The monoisotopic (exact) mass is 182 g/mol. The van der Waals surface area contributed by atoms with Gasteiger partial charge in [0.15, 0.2) is 0 Å². The summed E-state index contributed by atoms with van der Waals surface area (Å²) >= 11 is 0. The van der Waals surface area contributed by atoms with Crippen LogP contribution in [0.25, 0.3) is 0 Å². The van der Waals surface area contributed by atoms with Crippen molar-refractivity contribution in [3.63, 3.8) is 0 Å². The zero-order valence-corrected chi connectivity index (χ0v) is 8.71. The maximum Gasteiger partial charge on any atom is 0.0102 e. The van der Waals surface area contributed by atoms with Gasteiger partial charge in [-0.05, 0) is 51.1 Å². The van der Waals surface area contributed by atoms with Crippen molar-refractivity contribution >= 4 is 0 Å². The summed E-state index contributed by atoms with van der Waals surface area (Å²) in [5.41, 5.74) is 5.76. The molecule has 13 heavy (non-hydrogen) atoms. The van der Waals surface area contributed by atoms with E-state index in [-0.39, 0.29) is 0 Å². The van der Waals surface area contributed by atoms with Crippen molar-refractivity contribution in [3.8, 4) is 0 Å². The lowest BCUT2D eigenvalue weighted by molar-refractivity contribution is 0.107. The van der Waals surface area contributed by atoms with E-state index >= 15 is 0 Å². The topological polar surface area (TPSA) is 29.3 Å². The largest absolute Gasteiger partial charge is 0.330 e. The molecule has 0 spiro atoms. The van der Waals surface area contributed by atoms with Crippen molar-refractivity contribution < 1.29 is 0 Å². The molecule has 0 aromatic rings. The van der Waals surface area contributed by atoms with Crippen LogP contribution in [0.15, 0.2) is 0 Å². The van der Waals surface area contributed by atoms with E-state index < -0.39 is 0 Å². The average Bonchev–Trinajstić information content (AvgIpc) is 2.39. The Balaban J connectivity index is 1.96. The first-order chi connectivity index (χ1) is 6.35. The van der Waals surface area contributed by atoms with Gasteiger partial charge >= 0.3 is 0 Å². The highest BCUT2D eigenvalue weighted by Crippen LogP contribution is 2.38. The lowest BCUT2D eigenvalue weighted by atomic mass is 9.91. The molecule has 0 aliphatic carbocycles. The highest BCUT2D eigenvalue weighted by molar-refractivity contribution is 4.94. The minimum absolute atomic E-state index is 0.825. The molecule has 2 nitrogen and oxygen atoms in total. The Morgan fingerprint density at radius 3 is 2.31 bits per heavy atom. The molecule has 2 rings (SSSR count). The Morgan fingerprint density at radius 2 is 1.85 bits per heavy atom. The second-order valence-electron chi connectivity index (χ2n) is 4.70. The molecule has 0 aromatic carbocycles. The van der Waals surface area contributed by atoms with E-state index in [1.165, 1.54) is 38.6 Å². The van der Waals surface area contributed by atoms with Crippen LogP contribution in [0, 0.1) is 5.92 Å². The van der Waals surface area contributed by atoms with Gasteiger partial charge in [-0.3, -0.25) is 4.90 Å². The molecule has 2 saturated heterocycles. The summed E-state index contributed by atoms with van der Waals surface area (Å²) in [6.45, 7) is 4.51. The number of piperidine rings is 1. The Labute approximate surface area is 81.5 Å². The van der Waals surface area contributed by atoms with Gasteiger partial charge in [0.2, 0.25) is 0 Å². The third kappa shape index (κ3) is 1.75. The minimum Gasteiger partial charge on any atom is -0.330 e. The molecule has 76 valence electrons. The first-order valence-electron chi connectivity index (χ1n) is 5.81. The van der Waals surface area contributed by atoms with Crippen molar-refractivity contribution in [2.75, 3.05) is 13.1 Å². The van der Waals surface area contributed by atoms with Crippen LogP contribution in [0.4, 0.5) is 0 Å². The normalized spacial score (nSPS) is 39.7. The van der Waals surface area contributed by atoms with Gasteiger partial charge in [0.25, 0.3) is 0 Å². The summed E-state index contributed by atoms with van der Waals surface area (Å²) in [6.07, 6.45) is 6.91. The average molecular weight is 182 g/mol. The molecule has 0 amide bonds. The number of hydrogen-bond donors (Lipinski definition) is 1. The fourth-order valence-electron chi connectivity index (χ4n) is 3.20. The zero-order chi connectivity index (χ0) is 9.26. The molecule has 2 atom stereocenters. The van der Waals surface area contributed by atoms with Gasteiger partial charge in [0.05, 0.1) is 0 Å². The molecular formula is C11H22N2. The smallest absolute Gasteiger partial charge is 0.0102 e. The van der Waals surface area contributed by atoms with Gasteiger partial charge in [-0.2, -0.15) is 0 Å². The molecule has 2 N–H and O–H groups in total. The van der Waals surface area contributed by atoms with E-state index in [2.05, 4.69) is 11.8 Å². The fraction of sp³-hybridized carbons (Fsp3) is 1.00. The van der Waals surface area contributed by atoms with E-state index in [0.717, 1.165) is 24.5 Å². The van der Waals surface area contributed by atoms with Crippen molar-refractivity contribution in [2.45, 2.75) is 51.1 Å². The second-order valence-corrected chi connectivity index (χ2v) is 4.70. The number of nitrogens with two attached hydrogens (primary N) is 1. The van der Waals surface area contributed by atoms with E-state index in [4.69, 9.17) is 5.73 Å². The Hall–Kier alpha value is -0.0800. The third-order valence-electron chi connectivity index (χ3n) is 3.80. The van der Waals surface area contributed by atoms with Crippen LogP contribution in [-0.4, -0.2) is 30.1 Å². The molecule has 2 heterocycles. The lowest BCUT2D eigenvalue weighted by Gasteiger charge is -2.38. The Bertz CT molecular complexity index is 155. The standard InChI is InChI=1S/C11H22N2/c1-2-5-13-10-3-4-11(13)7-9(6-10)8-12/h9-11H,2-8,12H2,1H3/t10-,11-/m0/s1. The molecule has 0 unspecified atom stereocenters. The third-order valence-corrected chi connectivity index (χ3v) is 3.80. The fourth-order valence-corrected chi connectivity index (χ4v) is 3.20.